The number of rotatable bonds is 3. The zero-order valence-corrected chi connectivity index (χ0v) is 16.2. The molecule has 2 aromatic carbocycles. The van der Waals surface area contributed by atoms with Gasteiger partial charge in [-0.2, -0.15) is 0 Å². The molecule has 3 atom stereocenters. The average Bonchev–Trinajstić information content (AvgIpc) is 3.23. The highest BCUT2D eigenvalue weighted by Gasteiger charge is 2.39. The van der Waals surface area contributed by atoms with Gasteiger partial charge in [-0.15, -0.1) is 0 Å². The molecule has 5 nitrogen and oxygen atoms in total. The molecular formula is C23H23NO4. The van der Waals surface area contributed by atoms with Crippen LogP contribution in [0, 0.1) is 12.8 Å². The van der Waals surface area contributed by atoms with Crippen LogP contribution in [0.2, 0.25) is 0 Å². The van der Waals surface area contributed by atoms with Gasteiger partial charge in [0.1, 0.15) is 0 Å². The second-order valence-corrected chi connectivity index (χ2v) is 7.28. The van der Waals surface area contributed by atoms with Gasteiger partial charge in [-0.25, -0.2) is 9.59 Å². The van der Waals surface area contributed by atoms with Crippen molar-refractivity contribution in [2.45, 2.75) is 25.3 Å². The van der Waals surface area contributed by atoms with E-state index in [0.29, 0.717) is 23.0 Å². The Morgan fingerprint density at radius 3 is 2.39 bits per heavy atom. The second kappa shape index (κ2) is 7.15. The Kier molecular flexibility index (Phi) is 4.67. The summed E-state index contributed by atoms with van der Waals surface area (Å²) in [6, 6.07) is 11.5. The number of anilines is 1. The summed E-state index contributed by atoms with van der Waals surface area (Å²) in [6.45, 7) is 1.95. The molecule has 0 amide bonds. The van der Waals surface area contributed by atoms with Crippen LogP contribution in [0.1, 0.15) is 55.8 Å². The standard InChI is InChI=1S/C23H23NO4/c1-13-16(23(26)28-3)11-12-19-17-5-4-6-18(17)21(24-20(13)19)14-7-9-15(10-8-14)22(25)27-2/h4-5,7-12,17-18,21,24H,6H2,1-3H3. The van der Waals surface area contributed by atoms with Crippen LogP contribution in [0.5, 0.6) is 0 Å². The number of fused-ring (bicyclic) bond motifs is 3. The maximum atomic E-state index is 12.1. The predicted octanol–water partition coefficient (Wildman–Crippen LogP) is 4.39. The lowest BCUT2D eigenvalue weighted by Gasteiger charge is -2.38. The Labute approximate surface area is 164 Å². The Hall–Kier alpha value is -3.08. The number of esters is 2. The van der Waals surface area contributed by atoms with E-state index in [2.05, 4.69) is 17.5 Å². The lowest BCUT2D eigenvalue weighted by Crippen LogP contribution is -2.30. The summed E-state index contributed by atoms with van der Waals surface area (Å²) in [4.78, 5) is 23.9. The molecule has 0 spiro atoms. The van der Waals surface area contributed by atoms with Crippen LogP contribution in [0.25, 0.3) is 0 Å². The van der Waals surface area contributed by atoms with Gasteiger partial charge < -0.3 is 14.8 Å². The molecule has 0 saturated heterocycles. The van der Waals surface area contributed by atoms with Crippen LogP contribution in [0.3, 0.4) is 0 Å². The first kappa shape index (κ1) is 18.3. The summed E-state index contributed by atoms with van der Waals surface area (Å²) < 4.78 is 9.72. The minimum atomic E-state index is -0.340. The zero-order chi connectivity index (χ0) is 19.8. The van der Waals surface area contributed by atoms with E-state index in [1.54, 1.807) is 12.1 Å². The summed E-state index contributed by atoms with van der Waals surface area (Å²) in [5.41, 5.74) is 5.34. The molecule has 4 rings (SSSR count). The highest BCUT2D eigenvalue weighted by molar-refractivity contribution is 5.93. The molecule has 0 fully saturated rings. The average molecular weight is 377 g/mol. The lowest BCUT2D eigenvalue weighted by atomic mass is 9.76. The van der Waals surface area contributed by atoms with Crippen molar-refractivity contribution in [3.05, 3.63) is 76.4 Å². The van der Waals surface area contributed by atoms with Gasteiger partial charge in [0.15, 0.2) is 0 Å². The molecule has 0 saturated carbocycles. The summed E-state index contributed by atoms with van der Waals surface area (Å²) in [7, 11) is 2.78. The van der Waals surface area contributed by atoms with Crippen LogP contribution >= 0.6 is 0 Å². The molecule has 2 aromatic rings. The first-order valence-corrected chi connectivity index (χ1v) is 9.38. The number of benzene rings is 2. The minimum absolute atomic E-state index is 0.0887. The van der Waals surface area contributed by atoms with Gasteiger partial charge >= 0.3 is 11.9 Å². The van der Waals surface area contributed by atoms with Crippen LogP contribution < -0.4 is 5.32 Å². The topological polar surface area (TPSA) is 64.6 Å². The fourth-order valence-electron chi connectivity index (χ4n) is 4.42. The summed E-state index contributed by atoms with van der Waals surface area (Å²) in [6.07, 6.45) is 5.47. The molecule has 0 bridgehead atoms. The minimum Gasteiger partial charge on any atom is -0.465 e. The van der Waals surface area contributed by atoms with E-state index in [1.807, 2.05) is 31.2 Å². The van der Waals surface area contributed by atoms with Crippen molar-refractivity contribution in [3.8, 4) is 0 Å². The van der Waals surface area contributed by atoms with Gasteiger partial charge in [-0.05, 0) is 54.2 Å². The van der Waals surface area contributed by atoms with Gasteiger partial charge in [0.2, 0.25) is 0 Å². The number of hydrogen-bond donors (Lipinski definition) is 1. The van der Waals surface area contributed by atoms with Crippen LogP contribution in [-0.2, 0) is 9.47 Å². The molecule has 144 valence electrons. The van der Waals surface area contributed by atoms with Gasteiger partial charge in [0, 0.05) is 11.6 Å². The fraction of sp³-hybridized carbons (Fsp3) is 0.304. The predicted molar refractivity (Wildman–Crippen MR) is 107 cm³/mol. The number of methoxy groups -OCH3 is 2. The molecule has 0 radical (unpaired) electrons. The smallest absolute Gasteiger partial charge is 0.338 e. The number of nitrogens with one attached hydrogen (secondary N) is 1. The largest absolute Gasteiger partial charge is 0.465 e. The second-order valence-electron chi connectivity index (χ2n) is 7.28. The van der Waals surface area contributed by atoms with E-state index < -0.39 is 0 Å². The van der Waals surface area contributed by atoms with Crippen molar-refractivity contribution in [2.24, 2.45) is 5.92 Å². The third kappa shape index (κ3) is 2.87. The Balaban J connectivity index is 1.74. The van der Waals surface area contributed by atoms with E-state index in [9.17, 15) is 9.59 Å². The molecule has 1 aliphatic carbocycles. The maximum absolute atomic E-state index is 12.1. The molecule has 28 heavy (non-hydrogen) atoms. The van der Waals surface area contributed by atoms with Crippen molar-refractivity contribution in [2.75, 3.05) is 19.5 Å². The van der Waals surface area contributed by atoms with E-state index >= 15 is 0 Å². The number of carbonyl (C=O) groups excluding carboxylic acids is 2. The molecule has 2 aliphatic rings. The van der Waals surface area contributed by atoms with Gasteiger partial charge in [0.25, 0.3) is 0 Å². The molecule has 1 N–H and O–H groups in total. The van der Waals surface area contributed by atoms with E-state index in [1.165, 1.54) is 19.8 Å². The van der Waals surface area contributed by atoms with E-state index in [-0.39, 0.29) is 18.0 Å². The van der Waals surface area contributed by atoms with Gasteiger partial charge in [0.05, 0.1) is 31.4 Å². The molecule has 3 unspecified atom stereocenters. The molecule has 1 heterocycles. The maximum Gasteiger partial charge on any atom is 0.338 e. The number of ether oxygens (including phenoxy) is 2. The van der Waals surface area contributed by atoms with E-state index in [4.69, 9.17) is 9.47 Å². The van der Waals surface area contributed by atoms with Crippen molar-refractivity contribution in [1.29, 1.82) is 0 Å². The Bertz CT molecular complexity index is 961. The van der Waals surface area contributed by atoms with E-state index in [0.717, 1.165) is 23.2 Å². The van der Waals surface area contributed by atoms with Gasteiger partial charge in [-0.3, -0.25) is 0 Å². The molecule has 1 aliphatic heterocycles. The molecular weight excluding hydrogens is 354 g/mol. The molecule has 0 aromatic heterocycles. The van der Waals surface area contributed by atoms with Crippen molar-refractivity contribution in [1.82, 2.24) is 0 Å². The summed E-state index contributed by atoms with van der Waals surface area (Å²) >= 11 is 0. The van der Waals surface area contributed by atoms with Crippen LogP contribution in [0.15, 0.2) is 48.6 Å². The molecule has 5 heteroatoms. The fourth-order valence-corrected chi connectivity index (χ4v) is 4.42. The van der Waals surface area contributed by atoms with Crippen molar-refractivity contribution in [3.63, 3.8) is 0 Å². The lowest BCUT2D eigenvalue weighted by molar-refractivity contribution is 0.0591. The first-order chi connectivity index (χ1) is 13.5. The number of allylic oxidation sites excluding steroid dienone is 2. The normalized spacial score (nSPS) is 22.0. The van der Waals surface area contributed by atoms with Crippen molar-refractivity contribution < 1.29 is 19.1 Å². The Morgan fingerprint density at radius 2 is 1.71 bits per heavy atom. The highest BCUT2D eigenvalue weighted by atomic mass is 16.5. The third-order valence-electron chi connectivity index (χ3n) is 5.89. The highest BCUT2D eigenvalue weighted by Crippen LogP contribution is 2.51. The van der Waals surface area contributed by atoms with Crippen LogP contribution in [0.4, 0.5) is 5.69 Å². The SMILES string of the molecule is COC(=O)c1ccc(C2Nc3c(ccc(C(=O)OC)c3C)C3C=CCC32)cc1. The van der Waals surface area contributed by atoms with Crippen LogP contribution in [-0.4, -0.2) is 26.2 Å². The quantitative estimate of drug-likeness (QED) is 0.635. The summed E-state index contributed by atoms with van der Waals surface area (Å²) in [5, 5.41) is 3.67. The van der Waals surface area contributed by atoms with Crippen molar-refractivity contribution >= 4 is 17.6 Å². The number of hydrogen-bond acceptors (Lipinski definition) is 5. The first-order valence-electron chi connectivity index (χ1n) is 9.38. The number of carbonyl (C=O) groups is 2. The third-order valence-corrected chi connectivity index (χ3v) is 5.89. The Morgan fingerprint density at radius 1 is 1.00 bits per heavy atom. The van der Waals surface area contributed by atoms with Gasteiger partial charge in [-0.1, -0.05) is 30.4 Å². The monoisotopic (exact) mass is 377 g/mol. The zero-order valence-electron chi connectivity index (χ0n) is 16.2. The summed E-state index contributed by atoms with van der Waals surface area (Å²) in [5.74, 6) is 0.0180.